The van der Waals surface area contributed by atoms with E-state index >= 15 is 0 Å². The standard InChI is InChI=1S/C17H27NO3/c1-17(2,3)18(16(20)21)12-5-4-6-14-7-9-15(10-8-14)11-13-19/h7-10,19H,4-6,11-13H2,1-3H3,(H,20,21). The molecule has 0 radical (unpaired) electrons. The molecule has 0 aliphatic carbocycles. The van der Waals surface area contributed by atoms with Crippen molar-refractivity contribution >= 4 is 6.09 Å². The predicted octanol–water partition coefficient (Wildman–Crippen LogP) is 3.32. The Balaban J connectivity index is 2.37. The number of aliphatic hydroxyl groups excluding tert-OH is 1. The molecule has 4 nitrogen and oxygen atoms in total. The van der Waals surface area contributed by atoms with Crippen LogP contribution < -0.4 is 0 Å². The van der Waals surface area contributed by atoms with Crippen molar-refractivity contribution in [3.8, 4) is 0 Å². The van der Waals surface area contributed by atoms with Crippen molar-refractivity contribution in [3.05, 3.63) is 35.4 Å². The molecule has 0 aliphatic heterocycles. The smallest absolute Gasteiger partial charge is 0.407 e. The molecule has 1 aromatic rings. The van der Waals surface area contributed by atoms with E-state index in [2.05, 4.69) is 12.1 Å². The Bertz CT molecular complexity index is 434. The lowest BCUT2D eigenvalue weighted by atomic mass is 10.0. The number of carboxylic acid groups (broad SMARTS) is 1. The molecular formula is C17H27NO3. The maximum atomic E-state index is 11.2. The first-order valence-corrected chi connectivity index (χ1v) is 7.54. The summed E-state index contributed by atoms with van der Waals surface area (Å²) in [5.74, 6) is 0. The second kappa shape index (κ2) is 8.03. The van der Waals surface area contributed by atoms with Crippen molar-refractivity contribution in [2.75, 3.05) is 13.2 Å². The highest BCUT2D eigenvalue weighted by molar-refractivity contribution is 5.65. The average Bonchev–Trinajstić information content (AvgIpc) is 2.38. The number of nitrogens with zero attached hydrogens (tertiary/aromatic N) is 1. The number of aliphatic hydroxyl groups is 1. The van der Waals surface area contributed by atoms with E-state index in [1.807, 2.05) is 32.9 Å². The van der Waals surface area contributed by atoms with Crippen LogP contribution in [0.5, 0.6) is 0 Å². The summed E-state index contributed by atoms with van der Waals surface area (Å²) >= 11 is 0. The maximum Gasteiger partial charge on any atom is 0.407 e. The Hall–Kier alpha value is -1.55. The van der Waals surface area contributed by atoms with Crippen LogP contribution in [0.3, 0.4) is 0 Å². The van der Waals surface area contributed by atoms with E-state index in [9.17, 15) is 9.90 Å². The first-order valence-electron chi connectivity index (χ1n) is 7.54. The summed E-state index contributed by atoms with van der Waals surface area (Å²) < 4.78 is 0. The zero-order chi connectivity index (χ0) is 15.9. The van der Waals surface area contributed by atoms with Gasteiger partial charge in [0, 0.05) is 18.7 Å². The Morgan fingerprint density at radius 1 is 1.05 bits per heavy atom. The predicted molar refractivity (Wildman–Crippen MR) is 84.7 cm³/mol. The van der Waals surface area contributed by atoms with Gasteiger partial charge in [-0.05, 0) is 57.6 Å². The highest BCUT2D eigenvalue weighted by Gasteiger charge is 2.25. The van der Waals surface area contributed by atoms with Gasteiger partial charge in [0.2, 0.25) is 0 Å². The summed E-state index contributed by atoms with van der Waals surface area (Å²) in [6.45, 7) is 6.50. The zero-order valence-electron chi connectivity index (χ0n) is 13.3. The van der Waals surface area contributed by atoms with Gasteiger partial charge in [-0.25, -0.2) is 4.79 Å². The molecule has 0 spiro atoms. The molecule has 0 heterocycles. The van der Waals surface area contributed by atoms with Crippen LogP contribution in [0.2, 0.25) is 0 Å². The monoisotopic (exact) mass is 293 g/mol. The van der Waals surface area contributed by atoms with Crippen molar-refractivity contribution in [2.45, 2.75) is 52.0 Å². The van der Waals surface area contributed by atoms with E-state index in [4.69, 9.17) is 5.11 Å². The summed E-state index contributed by atoms with van der Waals surface area (Å²) in [7, 11) is 0. The molecule has 1 amide bonds. The lowest BCUT2D eigenvalue weighted by molar-refractivity contribution is 0.0991. The molecular weight excluding hydrogens is 266 g/mol. The normalized spacial score (nSPS) is 11.4. The van der Waals surface area contributed by atoms with E-state index in [0.29, 0.717) is 13.0 Å². The third kappa shape index (κ3) is 6.17. The van der Waals surface area contributed by atoms with Crippen molar-refractivity contribution in [3.63, 3.8) is 0 Å². The van der Waals surface area contributed by atoms with Crippen molar-refractivity contribution < 1.29 is 15.0 Å². The van der Waals surface area contributed by atoms with Gasteiger partial charge in [0.15, 0.2) is 0 Å². The highest BCUT2D eigenvalue weighted by Crippen LogP contribution is 2.15. The van der Waals surface area contributed by atoms with Crippen LogP contribution in [-0.2, 0) is 12.8 Å². The first-order chi connectivity index (χ1) is 9.84. The second-order valence-corrected chi connectivity index (χ2v) is 6.35. The number of unbranched alkanes of at least 4 members (excludes halogenated alkanes) is 1. The fraction of sp³-hybridized carbons (Fsp3) is 0.588. The molecule has 0 atom stereocenters. The van der Waals surface area contributed by atoms with Crippen molar-refractivity contribution in [1.82, 2.24) is 4.90 Å². The van der Waals surface area contributed by atoms with Gasteiger partial charge >= 0.3 is 6.09 Å². The number of benzene rings is 1. The number of amides is 1. The number of aryl methyl sites for hydroxylation is 1. The molecule has 1 aromatic carbocycles. The molecule has 0 aliphatic rings. The quantitative estimate of drug-likeness (QED) is 0.758. The average molecular weight is 293 g/mol. The van der Waals surface area contributed by atoms with Gasteiger partial charge in [0.25, 0.3) is 0 Å². The summed E-state index contributed by atoms with van der Waals surface area (Å²) in [6, 6.07) is 8.27. The summed E-state index contributed by atoms with van der Waals surface area (Å²) in [5.41, 5.74) is 2.05. The van der Waals surface area contributed by atoms with Crippen LogP contribution in [0.4, 0.5) is 4.79 Å². The van der Waals surface area contributed by atoms with Crippen LogP contribution >= 0.6 is 0 Å². The third-order valence-electron chi connectivity index (χ3n) is 3.56. The van der Waals surface area contributed by atoms with Gasteiger partial charge in [0.1, 0.15) is 0 Å². The largest absolute Gasteiger partial charge is 0.465 e. The number of hydrogen-bond acceptors (Lipinski definition) is 2. The Morgan fingerprint density at radius 2 is 1.57 bits per heavy atom. The van der Waals surface area contributed by atoms with Crippen LogP contribution in [-0.4, -0.2) is 39.9 Å². The maximum absolute atomic E-state index is 11.2. The lowest BCUT2D eigenvalue weighted by Gasteiger charge is -2.33. The third-order valence-corrected chi connectivity index (χ3v) is 3.56. The molecule has 0 saturated heterocycles. The molecule has 1 rings (SSSR count). The van der Waals surface area contributed by atoms with Gasteiger partial charge in [-0.3, -0.25) is 0 Å². The van der Waals surface area contributed by atoms with Gasteiger partial charge in [-0.1, -0.05) is 24.3 Å². The van der Waals surface area contributed by atoms with E-state index < -0.39 is 6.09 Å². The fourth-order valence-electron chi connectivity index (χ4n) is 2.32. The lowest BCUT2D eigenvalue weighted by Crippen LogP contribution is -2.45. The van der Waals surface area contributed by atoms with Crippen LogP contribution in [0.25, 0.3) is 0 Å². The van der Waals surface area contributed by atoms with Gasteiger partial charge in [-0.2, -0.15) is 0 Å². The van der Waals surface area contributed by atoms with E-state index in [1.165, 1.54) is 10.5 Å². The highest BCUT2D eigenvalue weighted by atomic mass is 16.4. The molecule has 118 valence electrons. The molecule has 21 heavy (non-hydrogen) atoms. The van der Waals surface area contributed by atoms with Gasteiger partial charge < -0.3 is 15.1 Å². The molecule has 0 aromatic heterocycles. The zero-order valence-corrected chi connectivity index (χ0v) is 13.3. The minimum atomic E-state index is -0.851. The number of rotatable bonds is 7. The molecule has 2 N–H and O–H groups in total. The number of carbonyl (C=O) groups is 1. The van der Waals surface area contributed by atoms with Gasteiger partial charge in [-0.15, -0.1) is 0 Å². The molecule has 0 fully saturated rings. The molecule has 4 heteroatoms. The van der Waals surface area contributed by atoms with E-state index in [-0.39, 0.29) is 12.1 Å². The summed E-state index contributed by atoms with van der Waals surface area (Å²) in [6.07, 6.45) is 2.63. The van der Waals surface area contributed by atoms with Crippen LogP contribution in [0.15, 0.2) is 24.3 Å². The summed E-state index contributed by atoms with van der Waals surface area (Å²) in [5, 5.41) is 18.1. The molecule has 0 unspecified atom stereocenters. The topological polar surface area (TPSA) is 60.8 Å². The second-order valence-electron chi connectivity index (χ2n) is 6.35. The Labute approximate surface area is 127 Å². The fourth-order valence-corrected chi connectivity index (χ4v) is 2.32. The van der Waals surface area contributed by atoms with E-state index in [0.717, 1.165) is 24.8 Å². The minimum absolute atomic E-state index is 0.178. The molecule has 0 bridgehead atoms. The Kier molecular flexibility index (Phi) is 6.69. The first kappa shape index (κ1) is 17.5. The van der Waals surface area contributed by atoms with Gasteiger partial charge in [0.05, 0.1) is 0 Å². The Morgan fingerprint density at radius 3 is 2.00 bits per heavy atom. The molecule has 0 saturated carbocycles. The van der Waals surface area contributed by atoms with E-state index in [1.54, 1.807) is 0 Å². The van der Waals surface area contributed by atoms with Crippen LogP contribution in [0.1, 0.15) is 44.7 Å². The van der Waals surface area contributed by atoms with Crippen LogP contribution in [0, 0.1) is 0 Å². The minimum Gasteiger partial charge on any atom is -0.465 e. The van der Waals surface area contributed by atoms with Crippen molar-refractivity contribution in [1.29, 1.82) is 0 Å². The SMILES string of the molecule is CC(C)(C)N(CCCCc1ccc(CCO)cc1)C(=O)O. The summed E-state index contributed by atoms with van der Waals surface area (Å²) in [4.78, 5) is 12.7. The van der Waals surface area contributed by atoms with Crippen molar-refractivity contribution in [2.24, 2.45) is 0 Å². The number of hydrogen-bond donors (Lipinski definition) is 2.